The molecule has 0 unspecified atom stereocenters. The van der Waals surface area contributed by atoms with Gasteiger partial charge in [-0.15, -0.1) is 0 Å². The van der Waals surface area contributed by atoms with Crippen molar-refractivity contribution in [2.45, 2.75) is 26.7 Å². The highest BCUT2D eigenvalue weighted by atomic mass is 16.2. The Labute approximate surface area is 132 Å². The van der Waals surface area contributed by atoms with E-state index in [4.69, 9.17) is 0 Å². The van der Waals surface area contributed by atoms with Crippen LogP contribution in [-0.2, 0) is 0 Å². The number of aryl methyl sites for hydroxylation is 1. The minimum Gasteiger partial charge on any atom is -0.353 e. The fourth-order valence-electron chi connectivity index (χ4n) is 2.52. The summed E-state index contributed by atoms with van der Waals surface area (Å²) in [5, 5.41) is 3.19. The average molecular weight is 305 g/mol. The second kappa shape index (κ2) is 7.54. The first kappa shape index (κ1) is 16.7. The summed E-state index contributed by atoms with van der Waals surface area (Å²) in [6.45, 7) is 7.44. The molecule has 0 spiro atoms. The number of nitrogens with zero attached hydrogens (tertiary/aromatic N) is 4. The second-order valence-electron chi connectivity index (χ2n) is 6.42. The van der Waals surface area contributed by atoms with Gasteiger partial charge < -0.3 is 15.1 Å². The van der Waals surface area contributed by atoms with E-state index < -0.39 is 0 Å². The van der Waals surface area contributed by atoms with E-state index in [1.807, 2.05) is 25.9 Å². The summed E-state index contributed by atoms with van der Waals surface area (Å²) in [6, 6.07) is 1.78. The van der Waals surface area contributed by atoms with Crippen LogP contribution in [0.4, 0.5) is 5.95 Å². The monoisotopic (exact) mass is 305 g/mol. The smallest absolute Gasteiger partial charge is 0.272 e. The highest BCUT2D eigenvalue weighted by Gasteiger charge is 2.23. The fourth-order valence-corrected chi connectivity index (χ4v) is 2.52. The number of likely N-dealkylation sites (tertiary alicyclic amines) is 1. The van der Waals surface area contributed by atoms with Crippen LogP contribution in [0.15, 0.2) is 6.07 Å². The van der Waals surface area contributed by atoms with Crippen molar-refractivity contribution in [3.8, 4) is 0 Å². The zero-order valence-electron chi connectivity index (χ0n) is 14.1. The molecule has 0 radical (unpaired) electrons. The third kappa shape index (κ3) is 4.66. The maximum Gasteiger partial charge on any atom is 0.272 e. The summed E-state index contributed by atoms with van der Waals surface area (Å²) >= 11 is 0. The molecule has 1 N–H and O–H groups in total. The van der Waals surface area contributed by atoms with Gasteiger partial charge in [-0.05, 0) is 45.8 Å². The van der Waals surface area contributed by atoms with Crippen LogP contribution in [0.2, 0.25) is 0 Å². The van der Waals surface area contributed by atoms with Crippen LogP contribution >= 0.6 is 0 Å². The molecule has 1 amide bonds. The largest absolute Gasteiger partial charge is 0.353 e. The Morgan fingerprint density at radius 3 is 2.68 bits per heavy atom. The lowest BCUT2D eigenvalue weighted by atomic mass is 9.99. The van der Waals surface area contributed by atoms with Crippen molar-refractivity contribution < 1.29 is 4.79 Å². The lowest BCUT2D eigenvalue weighted by molar-refractivity contribution is 0.0691. The van der Waals surface area contributed by atoms with E-state index in [1.54, 1.807) is 6.07 Å². The van der Waals surface area contributed by atoms with Crippen LogP contribution < -0.4 is 5.32 Å². The van der Waals surface area contributed by atoms with E-state index in [0.29, 0.717) is 17.6 Å². The van der Waals surface area contributed by atoms with Gasteiger partial charge in [0.25, 0.3) is 5.91 Å². The molecule has 1 aromatic heterocycles. The summed E-state index contributed by atoms with van der Waals surface area (Å²) < 4.78 is 0. The lowest BCUT2D eigenvalue weighted by Crippen LogP contribution is -2.38. The normalized spacial score (nSPS) is 16.1. The third-order valence-electron chi connectivity index (χ3n) is 3.99. The molecule has 1 saturated heterocycles. The first-order valence-corrected chi connectivity index (χ1v) is 7.99. The standard InChI is InChI=1S/C16H27N5O/c1-12-5-8-21(9-6-12)15(22)14-11-13(2)18-16(19-14)17-7-10-20(3)4/h11-12H,5-10H2,1-4H3,(H,17,18,19). The Balaban J connectivity index is 2.03. The zero-order chi connectivity index (χ0) is 16.1. The molecular formula is C16H27N5O. The molecule has 1 aliphatic heterocycles. The highest BCUT2D eigenvalue weighted by molar-refractivity contribution is 5.92. The Morgan fingerprint density at radius 2 is 2.05 bits per heavy atom. The van der Waals surface area contributed by atoms with Crippen LogP contribution in [0.1, 0.15) is 35.9 Å². The SMILES string of the molecule is Cc1cc(C(=O)N2CCC(C)CC2)nc(NCCN(C)C)n1. The summed E-state index contributed by atoms with van der Waals surface area (Å²) in [5.74, 6) is 1.27. The molecule has 2 heterocycles. The van der Waals surface area contributed by atoms with Crippen LogP contribution in [0.5, 0.6) is 0 Å². The van der Waals surface area contributed by atoms with Crippen molar-refractivity contribution in [1.29, 1.82) is 0 Å². The van der Waals surface area contributed by atoms with Crippen molar-refractivity contribution in [1.82, 2.24) is 19.8 Å². The van der Waals surface area contributed by atoms with Gasteiger partial charge in [0.15, 0.2) is 0 Å². The van der Waals surface area contributed by atoms with Crippen molar-refractivity contribution in [3.63, 3.8) is 0 Å². The molecule has 1 aliphatic rings. The first-order valence-electron chi connectivity index (χ1n) is 7.99. The number of likely N-dealkylation sites (N-methyl/N-ethyl adjacent to an activating group) is 1. The van der Waals surface area contributed by atoms with Crippen molar-refractivity contribution in [2.24, 2.45) is 5.92 Å². The number of hydrogen-bond acceptors (Lipinski definition) is 5. The number of aromatic nitrogens is 2. The number of carbonyl (C=O) groups excluding carboxylic acids is 1. The lowest BCUT2D eigenvalue weighted by Gasteiger charge is -2.30. The number of rotatable bonds is 5. The third-order valence-corrected chi connectivity index (χ3v) is 3.99. The summed E-state index contributed by atoms with van der Waals surface area (Å²) in [7, 11) is 4.04. The molecule has 6 heteroatoms. The maximum absolute atomic E-state index is 12.6. The molecule has 0 aliphatic carbocycles. The van der Waals surface area contributed by atoms with E-state index in [2.05, 4.69) is 27.1 Å². The van der Waals surface area contributed by atoms with Gasteiger partial charge in [0.1, 0.15) is 5.69 Å². The molecule has 6 nitrogen and oxygen atoms in total. The van der Waals surface area contributed by atoms with Gasteiger partial charge in [0, 0.05) is 31.9 Å². The minimum absolute atomic E-state index is 0.0214. The van der Waals surface area contributed by atoms with E-state index in [0.717, 1.165) is 44.7 Å². The van der Waals surface area contributed by atoms with Crippen LogP contribution in [0, 0.1) is 12.8 Å². The van der Waals surface area contributed by atoms with Gasteiger partial charge in [-0.25, -0.2) is 9.97 Å². The van der Waals surface area contributed by atoms with Gasteiger partial charge in [-0.2, -0.15) is 0 Å². The molecule has 122 valence electrons. The number of amides is 1. The van der Waals surface area contributed by atoms with Gasteiger partial charge >= 0.3 is 0 Å². The van der Waals surface area contributed by atoms with Crippen LogP contribution in [-0.4, -0.2) is 65.9 Å². The number of piperidine rings is 1. The zero-order valence-corrected chi connectivity index (χ0v) is 14.1. The van der Waals surface area contributed by atoms with Gasteiger partial charge in [-0.3, -0.25) is 4.79 Å². The number of carbonyl (C=O) groups is 1. The Morgan fingerprint density at radius 1 is 1.36 bits per heavy atom. The molecule has 2 rings (SSSR count). The topological polar surface area (TPSA) is 61.4 Å². The van der Waals surface area contributed by atoms with E-state index >= 15 is 0 Å². The van der Waals surface area contributed by atoms with Crippen molar-refractivity contribution in [3.05, 3.63) is 17.5 Å². The van der Waals surface area contributed by atoms with E-state index in [9.17, 15) is 4.79 Å². The Hall–Kier alpha value is -1.69. The summed E-state index contributed by atoms with van der Waals surface area (Å²) in [4.78, 5) is 25.3. The van der Waals surface area contributed by atoms with Crippen LogP contribution in [0.3, 0.4) is 0 Å². The van der Waals surface area contributed by atoms with Crippen molar-refractivity contribution >= 4 is 11.9 Å². The van der Waals surface area contributed by atoms with E-state index in [-0.39, 0.29) is 5.91 Å². The minimum atomic E-state index is 0.0214. The number of nitrogens with one attached hydrogen (secondary N) is 1. The highest BCUT2D eigenvalue weighted by Crippen LogP contribution is 2.18. The predicted octanol–water partition coefficient (Wildman–Crippen LogP) is 1.63. The first-order chi connectivity index (χ1) is 10.5. The molecule has 0 bridgehead atoms. The van der Waals surface area contributed by atoms with E-state index in [1.165, 1.54) is 0 Å². The number of hydrogen-bond donors (Lipinski definition) is 1. The molecule has 1 fully saturated rings. The van der Waals surface area contributed by atoms with Gasteiger partial charge in [0.2, 0.25) is 5.95 Å². The van der Waals surface area contributed by atoms with Crippen LogP contribution in [0.25, 0.3) is 0 Å². The molecular weight excluding hydrogens is 278 g/mol. The quantitative estimate of drug-likeness (QED) is 0.896. The Bertz CT molecular complexity index is 509. The van der Waals surface area contributed by atoms with Crippen molar-refractivity contribution in [2.75, 3.05) is 45.6 Å². The van der Waals surface area contributed by atoms with Gasteiger partial charge in [-0.1, -0.05) is 6.92 Å². The molecule has 0 saturated carbocycles. The summed E-state index contributed by atoms with van der Waals surface area (Å²) in [5.41, 5.74) is 1.31. The second-order valence-corrected chi connectivity index (χ2v) is 6.42. The fraction of sp³-hybridized carbons (Fsp3) is 0.688. The molecule has 0 aromatic carbocycles. The molecule has 22 heavy (non-hydrogen) atoms. The van der Waals surface area contributed by atoms with Gasteiger partial charge in [0.05, 0.1) is 0 Å². The summed E-state index contributed by atoms with van der Waals surface area (Å²) in [6.07, 6.45) is 2.15. The number of anilines is 1. The maximum atomic E-state index is 12.6. The Kier molecular flexibility index (Phi) is 5.71. The molecule has 1 aromatic rings. The molecule has 0 atom stereocenters. The predicted molar refractivity (Wildman–Crippen MR) is 88.1 cm³/mol. The average Bonchev–Trinajstić information content (AvgIpc) is 2.46.